The van der Waals surface area contributed by atoms with E-state index in [1.54, 1.807) is 25.3 Å². The van der Waals surface area contributed by atoms with Crippen molar-refractivity contribution in [1.29, 1.82) is 0 Å². The van der Waals surface area contributed by atoms with Crippen LogP contribution in [0.4, 0.5) is 5.69 Å². The van der Waals surface area contributed by atoms with Gasteiger partial charge >= 0.3 is 0 Å². The number of rotatable bonds is 4. The van der Waals surface area contributed by atoms with Gasteiger partial charge in [-0.25, -0.2) is 0 Å². The van der Waals surface area contributed by atoms with Crippen LogP contribution in [0.3, 0.4) is 0 Å². The van der Waals surface area contributed by atoms with Gasteiger partial charge in [-0.05, 0) is 62.3 Å². The summed E-state index contributed by atoms with van der Waals surface area (Å²) in [5.41, 5.74) is 4.46. The van der Waals surface area contributed by atoms with Crippen LogP contribution in [-0.4, -0.2) is 12.2 Å². The number of anilines is 1. The molecular formula is C18H21ClN2OS. The van der Waals surface area contributed by atoms with Crippen LogP contribution in [0.15, 0.2) is 36.4 Å². The molecule has 1 atom stereocenters. The second kappa shape index (κ2) is 7.66. The molecule has 0 fully saturated rings. The summed E-state index contributed by atoms with van der Waals surface area (Å²) < 4.78 is 5.31. The standard InChI is InChI=1S/C18H21ClN2OS/c1-11-5-7-15(12(2)9-11)13(3)20-18(23)21-16-10-14(19)6-8-17(16)22-4/h5-10,13H,1-4H3,(H2,20,21,23). The first-order chi connectivity index (χ1) is 10.9. The first-order valence-corrected chi connectivity index (χ1v) is 8.17. The summed E-state index contributed by atoms with van der Waals surface area (Å²) in [4.78, 5) is 0. The lowest BCUT2D eigenvalue weighted by molar-refractivity contribution is 0.417. The zero-order valence-electron chi connectivity index (χ0n) is 13.7. The summed E-state index contributed by atoms with van der Waals surface area (Å²) in [7, 11) is 1.61. The van der Waals surface area contributed by atoms with Crippen LogP contribution in [0.1, 0.15) is 29.7 Å². The predicted octanol–water partition coefficient (Wildman–Crippen LogP) is 5.01. The van der Waals surface area contributed by atoms with Gasteiger partial charge in [-0.3, -0.25) is 0 Å². The molecule has 0 radical (unpaired) electrons. The number of nitrogens with one attached hydrogen (secondary N) is 2. The third kappa shape index (κ3) is 4.60. The van der Waals surface area contributed by atoms with Crippen molar-refractivity contribution >= 4 is 34.6 Å². The van der Waals surface area contributed by atoms with Gasteiger partial charge in [0.15, 0.2) is 5.11 Å². The van der Waals surface area contributed by atoms with E-state index in [1.165, 1.54) is 16.7 Å². The van der Waals surface area contributed by atoms with Crippen LogP contribution in [0.25, 0.3) is 0 Å². The number of halogens is 1. The molecule has 0 bridgehead atoms. The zero-order chi connectivity index (χ0) is 17.0. The molecule has 0 aliphatic carbocycles. The van der Waals surface area contributed by atoms with Gasteiger partial charge < -0.3 is 15.4 Å². The highest BCUT2D eigenvalue weighted by atomic mass is 35.5. The number of benzene rings is 2. The van der Waals surface area contributed by atoms with Crippen LogP contribution in [0, 0.1) is 13.8 Å². The Balaban J connectivity index is 2.09. The molecule has 0 aliphatic rings. The quantitative estimate of drug-likeness (QED) is 0.761. The SMILES string of the molecule is COc1ccc(Cl)cc1NC(=S)NC(C)c1ccc(C)cc1C. The minimum absolute atomic E-state index is 0.0979. The predicted molar refractivity (Wildman–Crippen MR) is 102 cm³/mol. The largest absolute Gasteiger partial charge is 0.495 e. The van der Waals surface area contributed by atoms with Crippen LogP contribution in [-0.2, 0) is 0 Å². The van der Waals surface area contributed by atoms with Crippen LogP contribution < -0.4 is 15.4 Å². The van der Waals surface area contributed by atoms with Gasteiger partial charge in [0.1, 0.15) is 5.75 Å². The van der Waals surface area contributed by atoms with Crippen molar-refractivity contribution < 1.29 is 4.74 Å². The van der Waals surface area contributed by atoms with Crippen molar-refractivity contribution in [1.82, 2.24) is 5.32 Å². The number of ether oxygens (including phenoxy) is 1. The number of hydrogen-bond acceptors (Lipinski definition) is 2. The third-order valence-electron chi connectivity index (χ3n) is 3.65. The molecule has 1 unspecified atom stereocenters. The highest BCUT2D eigenvalue weighted by Crippen LogP contribution is 2.28. The minimum Gasteiger partial charge on any atom is -0.495 e. The summed E-state index contributed by atoms with van der Waals surface area (Å²) in [6.07, 6.45) is 0. The molecule has 2 rings (SSSR count). The van der Waals surface area contributed by atoms with Crippen molar-refractivity contribution in [2.45, 2.75) is 26.8 Å². The van der Waals surface area contributed by atoms with E-state index < -0.39 is 0 Å². The van der Waals surface area contributed by atoms with E-state index >= 15 is 0 Å². The molecule has 0 aromatic heterocycles. The number of hydrogen-bond donors (Lipinski definition) is 2. The second-order valence-electron chi connectivity index (χ2n) is 5.52. The first-order valence-electron chi connectivity index (χ1n) is 7.39. The maximum Gasteiger partial charge on any atom is 0.171 e. The molecule has 0 amide bonds. The molecule has 3 nitrogen and oxygen atoms in total. The van der Waals surface area contributed by atoms with E-state index in [-0.39, 0.29) is 6.04 Å². The summed E-state index contributed by atoms with van der Waals surface area (Å²) >= 11 is 11.4. The fourth-order valence-corrected chi connectivity index (χ4v) is 2.98. The van der Waals surface area contributed by atoms with E-state index in [9.17, 15) is 0 Å². The fraction of sp³-hybridized carbons (Fsp3) is 0.278. The highest BCUT2D eigenvalue weighted by Gasteiger charge is 2.11. The van der Waals surface area contributed by atoms with Gasteiger partial charge in [-0.1, -0.05) is 35.4 Å². The molecule has 0 aliphatic heterocycles. The van der Waals surface area contributed by atoms with Crippen molar-refractivity contribution in [3.05, 3.63) is 58.1 Å². The Morgan fingerprint density at radius 2 is 1.91 bits per heavy atom. The number of methoxy groups -OCH3 is 1. The molecule has 122 valence electrons. The number of thiocarbonyl (C=S) groups is 1. The molecule has 2 aromatic carbocycles. The first kappa shape index (κ1) is 17.6. The molecular weight excluding hydrogens is 328 g/mol. The van der Waals surface area contributed by atoms with Crippen LogP contribution in [0.5, 0.6) is 5.75 Å². The number of aryl methyl sites for hydroxylation is 2. The molecule has 0 saturated carbocycles. The van der Waals surface area contributed by atoms with Crippen molar-refractivity contribution in [2.75, 3.05) is 12.4 Å². The minimum atomic E-state index is 0.0979. The van der Waals surface area contributed by atoms with Gasteiger partial charge in [0.05, 0.1) is 18.8 Å². The van der Waals surface area contributed by atoms with Gasteiger partial charge in [-0.15, -0.1) is 0 Å². The Kier molecular flexibility index (Phi) is 5.85. The monoisotopic (exact) mass is 348 g/mol. The maximum absolute atomic E-state index is 6.04. The Morgan fingerprint density at radius 3 is 2.57 bits per heavy atom. The van der Waals surface area contributed by atoms with E-state index in [2.05, 4.69) is 49.6 Å². The average Bonchev–Trinajstić information content (AvgIpc) is 2.47. The summed E-state index contributed by atoms with van der Waals surface area (Å²) in [5, 5.41) is 7.59. The van der Waals surface area contributed by atoms with E-state index in [1.807, 2.05) is 0 Å². The lowest BCUT2D eigenvalue weighted by Crippen LogP contribution is -2.31. The lowest BCUT2D eigenvalue weighted by Gasteiger charge is -2.20. The lowest BCUT2D eigenvalue weighted by atomic mass is 10.0. The van der Waals surface area contributed by atoms with Gasteiger partial charge in [0.25, 0.3) is 0 Å². The maximum atomic E-state index is 6.04. The topological polar surface area (TPSA) is 33.3 Å². The normalized spacial score (nSPS) is 11.7. The third-order valence-corrected chi connectivity index (χ3v) is 4.10. The van der Waals surface area contributed by atoms with Crippen LogP contribution in [0.2, 0.25) is 5.02 Å². The Hall–Kier alpha value is -1.78. The van der Waals surface area contributed by atoms with Crippen LogP contribution >= 0.6 is 23.8 Å². The van der Waals surface area contributed by atoms with Crippen molar-refractivity contribution in [3.63, 3.8) is 0 Å². The van der Waals surface area contributed by atoms with E-state index in [4.69, 9.17) is 28.6 Å². The van der Waals surface area contributed by atoms with Crippen molar-refractivity contribution in [2.24, 2.45) is 0 Å². The molecule has 2 aromatic rings. The van der Waals surface area contributed by atoms with Crippen molar-refractivity contribution in [3.8, 4) is 5.75 Å². The van der Waals surface area contributed by atoms with Gasteiger partial charge in [0, 0.05) is 5.02 Å². The molecule has 0 saturated heterocycles. The summed E-state index contributed by atoms with van der Waals surface area (Å²) in [6.45, 7) is 6.28. The average molecular weight is 349 g/mol. The molecule has 2 N–H and O–H groups in total. The molecule has 0 heterocycles. The summed E-state index contributed by atoms with van der Waals surface area (Å²) in [6, 6.07) is 11.9. The second-order valence-corrected chi connectivity index (χ2v) is 6.37. The van der Waals surface area contributed by atoms with E-state index in [0.29, 0.717) is 15.9 Å². The smallest absolute Gasteiger partial charge is 0.171 e. The molecule has 23 heavy (non-hydrogen) atoms. The van der Waals surface area contributed by atoms with Gasteiger partial charge in [0.2, 0.25) is 0 Å². The Morgan fingerprint density at radius 1 is 1.17 bits per heavy atom. The Bertz CT molecular complexity index is 718. The highest BCUT2D eigenvalue weighted by molar-refractivity contribution is 7.80. The Labute approximate surface area is 148 Å². The summed E-state index contributed by atoms with van der Waals surface area (Å²) in [5.74, 6) is 0.692. The zero-order valence-corrected chi connectivity index (χ0v) is 15.3. The van der Waals surface area contributed by atoms with Gasteiger partial charge in [-0.2, -0.15) is 0 Å². The molecule has 0 spiro atoms. The fourth-order valence-electron chi connectivity index (χ4n) is 2.52. The van der Waals surface area contributed by atoms with E-state index in [0.717, 1.165) is 5.69 Å². The molecule has 5 heteroatoms.